The summed E-state index contributed by atoms with van der Waals surface area (Å²) >= 11 is 0. The second-order valence-corrected chi connectivity index (χ2v) is 6.40. The maximum atomic E-state index is 12.0. The molecule has 1 saturated heterocycles. The minimum atomic E-state index is 0. The van der Waals surface area contributed by atoms with Crippen LogP contribution in [0.2, 0.25) is 0 Å². The van der Waals surface area contributed by atoms with Crippen LogP contribution < -0.4 is 10.6 Å². The van der Waals surface area contributed by atoms with E-state index in [9.17, 15) is 4.79 Å². The first-order valence-electron chi connectivity index (χ1n) is 9.17. The van der Waals surface area contributed by atoms with Crippen LogP contribution in [0.25, 0.3) is 0 Å². The van der Waals surface area contributed by atoms with Gasteiger partial charge in [0.25, 0.3) is 0 Å². The van der Waals surface area contributed by atoms with E-state index in [1.807, 2.05) is 11.8 Å². The maximum absolute atomic E-state index is 12.0. The van der Waals surface area contributed by atoms with Gasteiger partial charge in [0, 0.05) is 52.4 Å². The first-order chi connectivity index (χ1) is 11.3. The normalized spacial score (nSPS) is 17.5. The Labute approximate surface area is 163 Å². The van der Waals surface area contributed by atoms with Gasteiger partial charge >= 0.3 is 0 Å². The van der Waals surface area contributed by atoms with E-state index in [0.29, 0.717) is 13.0 Å². The van der Waals surface area contributed by atoms with Crippen LogP contribution in [0.5, 0.6) is 0 Å². The van der Waals surface area contributed by atoms with Crippen LogP contribution in [-0.4, -0.2) is 62.7 Å². The van der Waals surface area contributed by atoms with Crippen LogP contribution in [0.15, 0.2) is 4.99 Å². The number of rotatable bonds is 10. The van der Waals surface area contributed by atoms with Crippen LogP contribution in [0.1, 0.15) is 45.4 Å². The zero-order valence-electron chi connectivity index (χ0n) is 14.9. The lowest BCUT2D eigenvalue weighted by Crippen LogP contribution is -2.39. The van der Waals surface area contributed by atoms with E-state index in [2.05, 4.69) is 15.6 Å². The number of carbonyl (C=O) groups excluding carboxylic acids is 1. The number of ether oxygens (including phenoxy) is 1. The molecule has 0 radical (unpaired) electrons. The van der Waals surface area contributed by atoms with E-state index in [-0.39, 0.29) is 29.9 Å². The fraction of sp³-hybridized carbons (Fsp3) is 0.882. The van der Waals surface area contributed by atoms with Crippen LogP contribution in [0.4, 0.5) is 0 Å². The summed E-state index contributed by atoms with van der Waals surface area (Å²) < 4.78 is 5.61. The Morgan fingerprint density at radius 2 is 2.00 bits per heavy atom. The summed E-state index contributed by atoms with van der Waals surface area (Å²) in [5.74, 6) is 1.87. The molecule has 0 atom stereocenters. The molecule has 0 aromatic carbocycles. The lowest BCUT2D eigenvalue weighted by Gasteiger charge is -2.16. The van der Waals surface area contributed by atoms with Crippen molar-refractivity contribution in [1.29, 1.82) is 0 Å². The van der Waals surface area contributed by atoms with E-state index in [0.717, 1.165) is 70.5 Å². The van der Waals surface area contributed by atoms with Crippen molar-refractivity contribution in [3.63, 3.8) is 0 Å². The quantitative estimate of drug-likeness (QED) is 0.230. The average Bonchev–Trinajstić information content (AvgIpc) is 3.20. The number of nitrogens with zero attached hydrogens (tertiary/aromatic N) is 2. The molecule has 140 valence electrons. The number of nitrogens with one attached hydrogen (secondary N) is 2. The molecule has 0 spiro atoms. The second kappa shape index (κ2) is 12.7. The molecule has 0 unspecified atom stereocenters. The molecule has 1 heterocycles. The van der Waals surface area contributed by atoms with Crippen LogP contribution in [0, 0.1) is 5.92 Å². The number of hydrogen-bond donors (Lipinski definition) is 2. The number of aliphatic imine (C=N–C) groups is 1. The van der Waals surface area contributed by atoms with Gasteiger partial charge in [-0.2, -0.15) is 0 Å². The van der Waals surface area contributed by atoms with Crippen molar-refractivity contribution in [3.05, 3.63) is 0 Å². The molecule has 1 saturated carbocycles. The van der Waals surface area contributed by atoms with Gasteiger partial charge in [-0.1, -0.05) is 0 Å². The Hall–Kier alpha value is -0.570. The minimum Gasteiger partial charge on any atom is -0.381 e. The van der Waals surface area contributed by atoms with E-state index >= 15 is 0 Å². The molecule has 0 bridgehead atoms. The first-order valence-corrected chi connectivity index (χ1v) is 9.17. The predicted molar refractivity (Wildman–Crippen MR) is 108 cm³/mol. The Morgan fingerprint density at radius 3 is 2.67 bits per heavy atom. The summed E-state index contributed by atoms with van der Waals surface area (Å²) in [5.41, 5.74) is 0. The van der Waals surface area contributed by atoms with Gasteiger partial charge in [-0.05, 0) is 44.9 Å². The van der Waals surface area contributed by atoms with E-state index in [4.69, 9.17) is 4.74 Å². The fourth-order valence-electron chi connectivity index (χ4n) is 2.65. The molecule has 2 N–H and O–H groups in total. The van der Waals surface area contributed by atoms with Crippen LogP contribution in [0.3, 0.4) is 0 Å². The molecule has 0 aromatic rings. The second-order valence-electron chi connectivity index (χ2n) is 6.40. The van der Waals surface area contributed by atoms with Crippen molar-refractivity contribution >= 4 is 35.8 Å². The van der Waals surface area contributed by atoms with Gasteiger partial charge in [-0.15, -0.1) is 24.0 Å². The number of likely N-dealkylation sites (tertiary alicyclic amines) is 1. The molecule has 1 amide bonds. The molecule has 24 heavy (non-hydrogen) atoms. The smallest absolute Gasteiger partial charge is 0.224 e. The molecule has 1 aliphatic carbocycles. The first kappa shape index (κ1) is 21.5. The molecular weight excluding hydrogens is 419 g/mol. The third-order valence-electron chi connectivity index (χ3n) is 4.20. The summed E-state index contributed by atoms with van der Waals surface area (Å²) in [4.78, 5) is 18.5. The summed E-state index contributed by atoms with van der Waals surface area (Å²) in [5, 5.41) is 6.46. The molecule has 2 aliphatic rings. The fourth-order valence-corrected chi connectivity index (χ4v) is 2.65. The molecule has 7 heteroatoms. The molecule has 2 rings (SSSR count). The van der Waals surface area contributed by atoms with Gasteiger partial charge in [0.15, 0.2) is 5.96 Å². The number of hydrogen-bond acceptors (Lipinski definition) is 3. The van der Waals surface area contributed by atoms with Gasteiger partial charge in [0.05, 0.1) is 0 Å². The lowest BCUT2D eigenvalue weighted by atomic mass is 10.3. The molecule has 2 fully saturated rings. The largest absolute Gasteiger partial charge is 0.381 e. The van der Waals surface area contributed by atoms with Crippen molar-refractivity contribution in [1.82, 2.24) is 15.5 Å². The molecular formula is C17H33IN4O2. The summed E-state index contributed by atoms with van der Waals surface area (Å²) in [6.07, 6.45) is 6.44. The van der Waals surface area contributed by atoms with Crippen molar-refractivity contribution in [3.8, 4) is 0 Å². The SMILES string of the molecule is CCNC(=NCCCOCC1CC1)NCCC(=O)N1CCCC1.I. The Bertz CT molecular complexity index is 383. The highest BCUT2D eigenvalue weighted by molar-refractivity contribution is 14.0. The zero-order valence-corrected chi connectivity index (χ0v) is 17.2. The van der Waals surface area contributed by atoms with Gasteiger partial charge in [0.2, 0.25) is 5.91 Å². The number of carbonyl (C=O) groups is 1. The maximum Gasteiger partial charge on any atom is 0.224 e. The van der Waals surface area contributed by atoms with E-state index in [1.54, 1.807) is 0 Å². The highest BCUT2D eigenvalue weighted by Crippen LogP contribution is 2.28. The van der Waals surface area contributed by atoms with E-state index in [1.165, 1.54) is 12.8 Å². The third kappa shape index (κ3) is 9.05. The number of amides is 1. The standard InChI is InChI=1S/C17H32N4O2.HI/c1-2-18-17(19-9-5-13-23-14-15-6-7-15)20-10-8-16(22)21-11-3-4-12-21;/h15H,2-14H2,1H3,(H2,18,19,20);1H. The molecule has 6 nitrogen and oxygen atoms in total. The molecule has 1 aliphatic heterocycles. The van der Waals surface area contributed by atoms with Gasteiger partial charge in [-0.3, -0.25) is 9.79 Å². The third-order valence-corrected chi connectivity index (χ3v) is 4.20. The van der Waals surface area contributed by atoms with Gasteiger partial charge in [0.1, 0.15) is 0 Å². The van der Waals surface area contributed by atoms with Gasteiger partial charge in [-0.25, -0.2) is 0 Å². The van der Waals surface area contributed by atoms with Gasteiger partial charge < -0.3 is 20.3 Å². The van der Waals surface area contributed by atoms with Crippen molar-refractivity contribution in [2.45, 2.75) is 45.4 Å². The van der Waals surface area contributed by atoms with Crippen molar-refractivity contribution in [2.24, 2.45) is 10.9 Å². The summed E-state index contributed by atoms with van der Waals surface area (Å²) in [7, 11) is 0. The predicted octanol–water partition coefficient (Wildman–Crippen LogP) is 1.99. The number of guanidine groups is 1. The van der Waals surface area contributed by atoms with Crippen molar-refractivity contribution in [2.75, 3.05) is 45.9 Å². The lowest BCUT2D eigenvalue weighted by molar-refractivity contribution is -0.129. The average molecular weight is 452 g/mol. The molecule has 0 aromatic heterocycles. The van der Waals surface area contributed by atoms with Crippen LogP contribution >= 0.6 is 24.0 Å². The zero-order chi connectivity index (χ0) is 16.3. The minimum absolute atomic E-state index is 0. The highest BCUT2D eigenvalue weighted by Gasteiger charge is 2.20. The number of halogens is 1. The monoisotopic (exact) mass is 452 g/mol. The Balaban J connectivity index is 0.00000288. The Morgan fingerprint density at radius 1 is 1.25 bits per heavy atom. The summed E-state index contributed by atoms with van der Waals surface area (Å²) in [6.45, 7) is 7.81. The topological polar surface area (TPSA) is 66.0 Å². The van der Waals surface area contributed by atoms with Crippen LogP contribution in [-0.2, 0) is 9.53 Å². The summed E-state index contributed by atoms with van der Waals surface area (Å²) in [6, 6.07) is 0. The Kier molecular flexibility index (Phi) is 11.4. The highest BCUT2D eigenvalue weighted by atomic mass is 127. The van der Waals surface area contributed by atoms with E-state index < -0.39 is 0 Å². The van der Waals surface area contributed by atoms with Crippen molar-refractivity contribution < 1.29 is 9.53 Å².